The summed E-state index contributed by atoms with van der Waals surface area (Å²) in [6, 6.07) is 12.2. The predicted octanol–water partition coefficient (Wildman–Crippen LogP) is 7.38. The van der Waals surface area contributed by atoms with E-state index in [1.807, 2.05) is 0 Å². The number of anilines is 1. The second-order valence-electron chi connectivity index (χ2n) is 11.0. The molecule has 0 amide bonds. The zero-order chi connectivity index (χ0) is 32.9. The Kier molecular flexibility index (Phi) is 10.1. The highest BCUT2D eigenvalue weighted by atomic mass is 32.2. The number of rotatable bonds is 12. The minimum Gasteiger partial charge on any atom is -0.493 e. The molecule has 1 N–H and O–H groups in total. The molecule has 246 valence electrons. The van der Waals surface area contributed by atoms with Crippen LogP contribution >= 0.6 is 0 Å². The van der Waals surface area contributed by atoms with E-state index in [-0.39, 0.29) is 17.2 Å². The van der Waals surface area contributed by atoms with E-state index in [1.165, 1.54) is 38.3 Å². The van der Waals surface area contributed by atoms with Crippen LogP contribution in [0.1, 0.15) is 26.2 Å². The van der Waals surface area contributed by atoms with Crippen molar-refractivity contribution in [3.8, 4) is 28.7 Å². The maximum absolute atomic E-state index is 15.1. The number of pyridine rings is 1. The van der Waals surface area contributed by atoms with Crippen LogP contribution in [0.4, 0.5) is 23.2 Å². The van der Waals surface area contributed by atoms with Crippen molar-refractivity contribution in [3.05, 3.63) is 72.7 Å². The fourth-order valence-electron chi connectivity index (χ4n) is 5.27. The Morgan fingerprint density at radius 1 is 1.02 bits per heavy atom. The Bertz CT molecular complexity index is 1790. The van der Waals surface area contributed by atoms with Crippen LogP contribution in [0.5, 0.6) is 28.7 Å². The Labute approximate surface area is 264 Å². The average molecular weight is 664 g/mol. The van der Waals surface area contributed by atoms with Crippen molar-refractivity contribution in [2.24, 2.45) is 5.92 Å². The van der Waals surface area contributed by atoms with E-state index in [0.29, 0.717) is 41.0 Å². The number of halogens is 4. The van der Waals surface area contributed by atoms with Crippen molar-refractivity contribution in [1.82, 2.24) is 9.88 Å². The Morgan fingerprint density at radius 3 is 2.59 bits per heavy atom. The van der Waals surface area contributed by atoms with E-state index in [4.69, 9.17) is 14.2 Å². The number of hydrogen-bond donors (Lipinski definition) is 1. The molecule has 1 fully saturated rings. The SMILES string of the molecule is COc1cc2c(Oc3ccc(NS(=O)(=O)c4cccc(OC(F)(F)F)c4)cc3F)ccnc2cc1OCCCN1CCCC(C)C1. The molecule has 9 nitrogen and oxygen atoms in total. The van der Waals surface area contributed by atoms with Gasteiger partial charge in [0.2, 0.25) is 0 Å². The van der Waals surface area contributed by atoms with E-state index in [1.54, 1.807) is 18.2 Å². The third-order valence-corrected chi connectivity index (χ3v) is 8.74. The number of nitrogens with zero attached hydrogens (tertiary/aromatic N) is 2. The van der Waals surface area contributed by atoms with E-state index < -0.39 is 32.8 Å². The third-order valence-electron chi connectivity index (χ3n) is 7.36. The monoisotopic (exact) mass is 663 g/mol. The first-order valence-electron chi connectivity index (χ1n) is 14.6. The van der Waals surface area contributed by atoms with Crippen molar-refractivity contribution in [2.75, 3.05) is 38.1 Å². The molecule has 0 bridgehead atoms. The van der Waals surface area contributed by atoms with Gasteiger partial charge in [-0.3, -0.25) is 9.71 Å². The fraction of sp³-hybridized carbons (Fsp3) is 0.344. The molecule has 5 rings (SSSR count). The Hall–Kier alpha value is -4.30. The van der Waals surface area contributed by atoms with Gasteiger partial charge in [-0.05, 0) is 68.1 Å². The Morgan fingerprint density at radius 2 is 1.85 bits per heavy atom. The zero-order valence-corrected chi connectivity index (χ0v) is 26.0. The molecule has 3 aromatic carbocycles. The summed E-state index contributed by atoms with van der Waals surface area (Å²) in [5.74, 6) is 0.127. The second-order valence-corrected chi connectivity index (χ2v) is 12.6. The standard InChI is InChI=1S/C32H33F4N3O6S/c1-21-6-4-13-39(20-21)14-5-15-43-31-19-27-25(18-30(31)42-2)28(11-12-37-27)44-29-10-9-22(16-26(29)33)38-46(40,41)24-8-3-7-23(17-24)45-32(34,35)36/h3,7-12,16-19,21,38H,4-6,13-15,20H2,1-2H3. The number of aromatic nitrogens is 1. The molecule has 0 saturated carbocycles. The van der Waals surface area contributed by atoms with E-state index in [0.717, 1.165) is 50.3 Å². The molecule has 0 spiro atoms. The van der Waals surface area contributed by atoms with Crippen LogP contribution in [-0.2, 0) is 10.0 Å². The van der Waals surface area contributed by atoms with Gasteiger partial charge in [0.15, 0.2) is 23.1 Å². The Balaban J connectivity index is 1.27. The van der Waals surface area contributed by atoms with Gasteiger partial charge in [-0.25, -0.2) is 12.8 Å². The van der Waals surface area contributed by atoms with Gasteiger partial charge in [0.1, 0.15) is 11.5 Å². The lowest BCUT2D eigenvalue weighted by atomic mass is 10.0. The predicted molar refractivity (Wildman–Crippen MR) is 164 cm³/mol. The molecule has 14 heteroatoms. The van der Waals surface area contributed by atoms with Crippen LogP contribution in [0, 0.1) is 11.7 Å². The van der Waals surface area contributed by atoms with Crippen molar-refractivity contribution in [2.45, 2.75) is 37.4 Å². The molecule has 1 atom stereocenters. The number of benzene rings is 3. The molecule has 1 unspecified atom stereocenters. The number of ether oxygens (including phenoxy) is 4. The second kappa shape index (κ2) is 14.0. The molecule has 0 radical (unpaired) electrons. The van der Waals surface area contributed by atoms with Gasteiger partial charge in [0.25, 0.3) is 10.0 Å². The molecular weight excluding hydrogens is 630 g/mol. The van der Waals surface area contributed by atoms with Crippen molar-refractivity contribution in [1.29, 1.82) is 0 Å². The van der Waals surface area contributed by atoms with Crippen LogP contribution in [0.15, 0.2) is 71.8 Å². The number of fused-ring (bicyclic) bond motifs is 1. The molecule has 1 aromatic heterocycles. The van der Waals surface area contributed by atoms with Gasteiger partial charge in [0.05, 0.1) is 29.8 Å². The molecule has 1 aliphatic heterocycles. The lowest BCUT2D eigenvalue weighted by Gasteiger charge is -2.30. The number of methoxy groups -OCH3 is 1. The first-order valence-corrected chi connectivity index (χ1v) is 16.1. The van der Waals surface area contributed by atoms with Crippen LogP contribution in [0.3, 0.4) is 0 Å². The largest absolute Gasteiger partial charge is 0.573 e. The fourth-order valence-corrected chi connectivity index (χ4v) is 6.35. The summed E-state index contributed by atoms with van der Waals surface area (Å²) in [6.45, 7) is 5.93. The lowest BCUT2D eigenvalue weighted by molar-refractivity contribution is -0.274. The minimum atomic E-state index is -5.00. The molecular formula is C32H33F4N3O6S. The average Bonchev–Trinajstić information content (AvgIpc) is 2.99. The lowest BCUT2D eigenvalue weighted by Crippen LogP contribution is -2.35. The van der Waals surface area contributed by atoms with Gasteiger partial charge in [0, 0.05) is 42.9 Å². The topological polar surface area (TPSA) is 99.2 Å². The molecule has 4 aromatic rings. The van der Waals surface area contributed by atoms with Gasteiger partial charge < -0.3 is 23.8 Å². The highest BCUT2D eigenvalue weighted by molar-refractivity contribution is 7.92. The van der Waals surface area contributed by atoms with E-state index in [2.05, 4.69) is 26.3 Å². The summed E-state index contributed by atoms with van der Waals surface area (Å²) in [5.41, 5.74) is 0.351. The number of likely N-dealkylation sites (tertiary alicyclic amines) is 1. The maximum Gasteiger partial charge on any atom is 0.573 e. The summed E-state index contributed by atoms with van der Waals surface area (Å²) in [5, 5.41) is 0.527. The summed E-state index contributed by atoms with van der Waals surface area (Å²) in [6.07, 6.45) is -0.158. The van der Waals surface area contributed by atoms with Crippen molar-refractivity contribution < 1.29 is 44.9 Å². The van der Waals surface area contributed by atoms with E-state index >= 15 is 4.39 Å². The van der Waals surface area contributed by atoms with Crippen LogP contribution in [0.25, 0.3) is 10.9 Å². The maximum atomic E-state index is 15.1. The van der Waals surface area contributed by atoms with Gasteiger partial charge in [-0.15, -0.1) is 13.2 Å². The van der Waals surface area contributed by atoms with Crippen molar-refractivity contribution >= 4 is 26.6 Å². The summed E-state index contributed by atoms with van der Waals surface area (Å²) in [7, 11) is -2.87. The number of nitrogens with one attached hydrogen (secondary N) is 1. The summed E-state index contributed by atoms with van der Waals surface area (Å²) in [4.78, 5) is 6.34. The van der Waals surface area contributed by atoms with Crippen LogP contribution < -0.4 is 23.7 Å². The molecule has 1 aliphatic rings. The van der Waals surface area contributed by atoms with Gasteiger partial charge in [-0.1, -0.05) is 13.0 Å². The molecule has 0 aliphatic carbocycles. The molecule has 46 heavy (non-hydrogen) atoms. The number of piperidine rings is 1. The highest BCUT2D eigenvalue weighted by Crippen LogP contribution is 2.38. The summed E-state index contributed by atoms with van der Waals surface area (Å²) >= 11 is 0. The molecule has 1 saturated heterocycles. The minimum absolute atomic E-state index is 0.176. The van der Waals surface area contributed by atoms with Gasteiger partial charge >= 0.3 is 6.36 Å². The summed E-state index contributed by atoms with van der Waals surface area (Å²) < 4.78 is 102. The van der Waals surface area contributed by atoms with Crippen molar-refractivity contribution in [3.63, 3.8) is 0 Å². The molecule has 2 heterocycles. The number of sulfonamides is 1. The quantitative estimate of drug-likeness (QED) is 0.124. The smallest absolute Gasteiger partial charge is 0.493 e. The highest BCUT2D eigenvalue weighted by Gasteiger charge is 2.31. The van der Waals surface area contributed by atoms with Crippen LogP contribution in [-0.4, -0.2) is 58.0 Å². The number of hydrogen-bond acceptors (Lipinski definition) is 8. The van der Waals surface area contributed by atoms with E-state index in [9.17, 15) is 21.6 Å². The number of alkyl halides is 3. The first-order chi connectivity index (χ1) is 21.9. The third kappa shape index (κ3) is 8.49. The zero-order valence-electron chi connectivity index (χ0n) is 25.1. The van der Waals surface area contributed by atoms with Gasteiger partial charge in [-0.2, -0.15) is 0 Å². The first kappa shape index (κ1) is 33.1. The van der Waals surface area contributed by atoms with Crippen LogP contribution in [0.2, 0.25) is 0 Å². The normalized spacial score (nSPS) is 15.8.